The normalized spacial score (nSPS) is 10.7. The lowest BCUT2D eigenvalue weighted by molar-refractivity contribution is 0.801. The molecule has 6 nitrogen and oxygen atoms in total. The Balaban J connectivity index is 2.15. The van der Waals surface area contributed by atoms with E-state index in [-0.39, 0.29) is 5.95 Å². The van der Waals surface area contributed by atoms with Gasteiger partial charge in [0.2, 0.25) is 5.95 Å². The summed E-state index contributed by atoms with van der Waals surface area (Å²) in [5, 5.41) is 6.08. The molecule has 0 unspecified atom stereocenters. The highest BCUT2D eigenvalue weighted by molar-refractivity contribution is 7.10. The second kappa shape index (κ2) is 4.19. The Morgan fingerprint density at radius 3 is 2.83 bits per heavy atom. The molecule has 0 radical (unpaired) electrons. The number of nitrogen functional groups attached to an aromatic ring is 1. The van der Waals surface area contributed by atoms with Gasteiger partial charge in [-0.3, -0.25) is 0 Å². The molecule has 0 fully saturated rings. The molecule has 0 aliphatic carbocycles. The number of rotatable bonds is 2. The smallest absolute Gasteiger partial charge is 0.255 e. The van der Waals surface area contributed by atoms with Crippen LogP contribution in [0.1, 0.15) is 4.88 Å². The molecule has 0 bridgehead atoms. The van der Waals surface area contributed by atoms with Crippen LogP contribution in [0, 0.1) is 6.92 Å². The highest BCUT2D eigenvalue weighted by Gasteiger charge is 2.11. The summed E-state index contributed by atoms with van der Waals surface area (Å²) in [6, 6.07) is 3.77. The van der Waals surface area contributed by atoms with Crippen molar-refractivity contribution < 1.29 is 0 Å². The predicted molar refractivity (Wildman–Crippen MR) is 69.4 cm³/mol. The van der Waals surface area contributed by atoms with Crippen LogP contribution in [0.3, 0.4) is 0 Å². The van der Waals surface area contributed by atoms with Crippen LogP contribution in [0.25, 0.3) is 17.3 Å². The van der Waals surface area contributed by atoms with Gasteiger partial charge in [0.15, 0.2) is 5.82 Å². The molecule has 0 spiro atoms. The summed E-state index contributed by atoms with van der Waals surface area (Å²) in [5.74, 6) is 1.19. The number of nitrogens with zero attached hydrogens (tertiary/aromatic N) is 5. The first-order valence-corrected chi connectivity index (χ1v) is 6.18. The van der Waals surface area contributed by atoms with Crippen molar-refractivity contribution in [3.05, 3.63) is 34.8 Å². The lowest BCUT2D eigenvalue weighted by atomic mass is 10.2. The Morgan fingerprint density at radius 2 is 2.17 bits per heavy atom. The minimum atomic E-state index is 0.191. The Hall–Kier alpha value is -2.28. The quantitative estimate of drug-likeness (QED) is 0.756. The van der Waals surface area contributed by atoms with Crippen LogP contribution < -0.4 is 5.73 Å². The van der Waals surface area contributed by atoms with E-state index in [2.05, 4.69) is 20.1 Å². The van der Waals surface area contributed by atoms with Crippen molar-refractivity contribution in [2.75, 3.05) is 5.73 Å². The zero-order valence-corrected chi connectivity index (χ0v) is 10.4. The summed E-state index contributed by atoms with van der Waals surface area (Å²) in [6.07, 6.45) is 3.43. The van der Waals surface area contributed by atoms with Crippen LogP contribution in [-0.2, 0) is 0 Å². The van der Waals surface area contributed by atoms with Gasteiger partial charge in [-0.05, 0) is 24.4 Å². The minimum Gasteiger partial charge on any atom is -0.368 e. The van der Waals surface area contributed by atoms with Crippen LogP contribution >= 0.6 is 11.3 Å². The van der Waals surface area contributed by atoms with E-state index in [1.807, 2.05) is 18.4 Å². The van der Waals surface area contributed by atoms with Crippen molar-refractivity contribution in [2.24, 2.45) is 0 Å². The maximum atomic E-state index is 5.72. The summed E-state index contributed by atoms with van der Waals surface area (Å²) < 4.78 is 1.56. The van der Waals surface area contributed by atoms with E-state index in [4.69, 9.17) is 5.73 Å². The largest absolute Gasteiger partial charge is 0.368 e. The zero-order chi connectivity index (χ0) is 12.5. The van der Waals surface area contributed by atoms with Crippen LogP contribution in [0.5, 0.6) is 0 Å². The van der Waals surface area contributed by atoms with Gasteiger partial charge in [0.05, 0.1) is 0 Å². The van der Waals surface area contributed by atoms with Crippen LogP contribution in [0.2, 0.25) is 0 Å². The summed E-state index contributed by atoms with van der Waals surface area (Å²) in [6.45, 7) is 2.02. The Morgan fingerprint density at radius 1 is 1.28 bits per heavy atom. The molecule has 2 N–H and O–H groups in total. The molecule has 0 saturated heterocycles. The van der Waals surface area contributed by atoms with Crippen LogP contribution in [0.15, 0.2) is 29.9 Å². The Bertz CT molecular complexity index is 673. The molecular weight excluding hydrogens is 248 g/mol. The highest BCUT2D eigenvalue weighted by atomic mass is 32.1. The third-order valence-corrected chi connectivity index (χ3v) is 3.30. The van der Waals surface area contributed by atoms with Gasteiger partial charge >= 0.3 is 0 Å². The van der Waals surface area contributed by atoms with Gasteiger partial charge < -0.3 is 5.73 Å². The molecule has 3 aromatic rings. The number of thiophene rings is 1. The molecular formula is C11H10N6S. The summed E-state index contributed by atoms with van der Waals surface area (Å²) in [4.78, 5) is 13.8. The van der Waals surface area contributed by atoms with Gasteiger partial charge in [-0.1, -0.05) is 0 Å². The number of aryl methyl sites for hydroxylation is 1. The minimum absolute atomic E-state index is 0.191. The average Bonchev–Trinajstić information content (AvgIpc) is 2.98. The predicted octanol–water partition coefficient (Wildman–Crippen LogP) is 1.68. The monoisotopic (exact) mass is 258 g/mol. The molecule has 0 amide bonds. The standard InChI is InChI=1S/C11H10N6S/c1-7-8(3-6-18-7)9-14-10(12)16-11(15-9)17-5-2-4-13-17/h2-6H,1H3,(H2,12,14,15,16). The van der Waals surface area contributed by atoms with Crippen molar-refractivity contribution in [3.8, 4) is 17.3 Å². The first-order valence-electron chi connectivity index (χ1n) is 5.30. The number of anilines is 1. The topological polar surface area (TPSA) is 82.5 Å². The molecule has 7 heteroatoms. The van der Waals surface area contributed by atoms with E-state index in [9.17, 15) is 0 Å². The summed E-state index contributed by atoms with van der Waals surface area (Å²) >= 11 is 1.64. The van der Waals surface area contributed by atoms with Crippen molar-refractivity contribution in [1.82, 2.24) is 24.7 Å². The first kappa shape index (κ1) is 10.8. The number of hydrogen-bond donors (Lipinski definition) is 1. The van der Waals surface area contributed by atoms with E-state index in [1.54, 1.807) is 34.5 Å². The molecule has 90 valence electrons. The SMILES string of the molecule is Cc1sccc1-c1nc(N)nc(-n2cccn2)n1. The van der Waals surface area contributed by atoms with Gasteiger partial charge in [0.1, 0.15) is 0 Å². The number of hydrogen-bond acceptors (Lipinski definition) is 6. The molecule has 0 aromatic carbocycles. The van der Waals surface area contributed by atoms with Gasteiger partial charge in [0, 0.05) is 22.8 Å². The van der Waals surface area contributed by atoms with E-state index in [0.717, 1.165) is 10.4 Å². The first-order chi connectivity index (χ1) is 8.74. The van der Waals surface area contributed by atoms with E-state index >= 15 is 0 Å². The third-order valence-electron chi connectivity index (χ3n) is 2.45. The zero-order valence-electron chi connectivity index (χ0n) is 9.61. The molecule has 0 aliphatic rings. The number of aromatic nitrogens is 5. The molecule has 3 rings (SSSR count). The highest BCUT2D eigenvalue weighted by Crippen LogP contribution is 2.25. The summed E-state index contributed by atoms with van der Waals surface area (Å²) in [7, 11) is 0. The lowest BCUT2D eigenvalue weighted by Crippen LogP contribution is -2.07. The van der Waals surface area contributed by atoms with Crippen LogP contribution in [0.4, 0.5) is 5.95 Å². The molecule has 3 aromatic heterocycles. The fourth-order valence-corrected chi connectivity index (χ4v) is 2.30. The van der Waals surface area contributed by atoms with E-state index in [0.29, 0.717) is 11.8 Å². The lowest BCUT2D eigenvalue weighted by Gasteiger charge is -2.04. The Labute approximate surface area is 107 Å². The fourth-order valence-electron chi connectivity index (χ4n) is 1.61. The fraction of sp³-hybridized carbons (Fsp3) is 0.0909. The van der Waals surface area contributed by atoms with Crippen molar-refractivity contribution in [3.63, 3.8) is 0 Å². The van der Waals surface area contributed by atoms with E-state index in [1.165, 1.54) is 0 Å². The molecule has 0 aliphatic heterocycles. The molecule has 0 saturated carbocycles. The number of nitrogens with two attached hydrogens (primary N) is 1. The molecule has 18 heavy (non-hydrogen) atoms. The van der Waals surface area contributed by atoms with Crippen molar-refractivity contribution in [2.45, 2.75) is 6.92 Å². The van der Waals surface area contributed by atoms with Gasteiger partial charge in [-0.2, -0.15) is 20.1 Å². The second-order valence-electron chi connectivity index (χ2n) is 3.66. The molecule has 3 heterocycles. The van der Waals surface area contributed by atoms with Gasteiger partial charge in [0.25, 0.3) is 5.95 Å². The Kier molecular flexibility index (Phi) is 2.52. The van der Waals surface area contributed by atoms with Crippen molar-refractivity contribution >= 4 is 17.3 Å². The molecule has 0 atom stereocenters. The van der Waals surface area contributed by atoms with Gasteiger partial charge in [-0.15, -0.1) is 11.3 Å². The maximum Gasteiger partial charge on any atom is 0.255 e. The van der Waals surface area contributed by atoms with Gasteiger partial charge in [-0.25, -0.2) is 4.68 Å². The van der Waals surface area contributed by atoms with Crippen LogP contribution in [-0.4, -0.2) is 24.7 Å². The van der Waals surface area contributed by atoms with E-state index < -0.39 is 0 Å². The maximum absolute atomic E-state index is 5.72. The van der Waals surface area contributed by atoms with Crippen molar-refractivity contribution in [1.29, 1.82) is 0 Å². The average molecular weight is 258 g/mol. The second-order valence-corrected chi connectivity index (χ2v) is 4.78. The third kappa shape index (κ3) is 1.84. The summed E-state index contributed by atoms with van der Waals surface area (Å²) in [5.41, 5.74) is 6.70.